The summed E-state index contributed by atoms with van der Waals surface area (Å²) in [6.45, 7) is 2.35. The minimum absolute atomic E-state index is 0.0346. The van der Waals surface area contributed by atoms with Gasteiger partial charge in [-0.3, -0.25) is 4.79 Å². The van der Waals surface area contributed by atoms with E-state index < -0.39 is 12.0 Å². The van der Waals surface area contributed by atoms with Crippen LogP contribution in [-0.4, -0.2) is 35.0 Å². The largest absolute Gasteiger partial charge is 0.480 e. The molecule has 1 fully saturated rings. The Balaban J connectivity index is 2.30. The molecule has 1 saturated heterocycles. The molecule has 1 heterocycles. The molecule has 2 aliphatic rings. The van der Waals surface area contributed by atoms with Crippen LogP contribution in [0.5, 0.6) is 0 Å². The van der Waals surface area contributed by atoms with Crippen molar-refractivity contribution in [3.05, 3.63) is 23.8 Å². The fourth-order valence-corrected chi connectivity index (χ4v) is 2.71. The van der Waals surface area contributed by atoms with Crippen LogP contribution in [0.1, 0.15) is 13.3 Å². The summed E-state index contributed by atoms with van der Waals surface area (Å²) in [4.78, 5) is 23.5. The maximum absolute atomic E-state index is 11.2. The van der Waals surface area contributed by atoms with E-state index in [-0.39, 0.29) is 11.8 Å². The Morgan fingerprint density at radius 2 is 2.38 bits per heavy atom. The number of carbonyl (C=O) groups is 2. The van der Waals surface area contributed by atoms with Gasteiger partial charge in [0.25, 0.3) is 0 Å². The molecule has 16 heavy (non-hydrogen) atoms. The lowest BCUT2D eigenvalue weighted by atomic mass is 9.74. The van der Waals surface area contributed by atoms with Gasteiger partial charge in [0.05, 0.1) is 0 Å². The smallest absolute Gasteiger partial charge is 0.326 e. The molecule has 0 spiro atoms. The van der Waals surface area contributed by atoms with Crippen molar-refractivity contribution >= 4 is 12.4 Å². The van der Waals surface area contributed by atoms with Crippen molar-refractivity contribution in [3.63, 3.8) is 0 Å². The number of likely N-dealkylation sites (tertiary alicyclic amines) is 1. The lowest BCUT2D eigenvalue weighted by Gasteiger charge is -2.42. The lowest BCUT2D eigenvalue weighted by molar-refractivity contribution is -0.150. The minimum Gasteiger partial charge on any atom is -0.480 e. The summed E-state index contributed by atoms with van der Waals surface area (Å²) in [5.74, 6) is -0.678. The second kappa shape index (κ2) is 4.12. The average molecular weight is 221 g/mol. The number of carbonyl (C=O) groups excluding carboxylic acids is 1. The number of hydrogen-bond donors (Lipinski definition) is 1. The van der Waals surface area contributed by atoms with Crippen molar-refractivity contribution in [1.82, 2.24) is 4.90 Å². The van der Waals surface area contributed by atoms with Gasteiger partial charge in [0.2, 0.25) is 6.41 Å². The molecule has 1 aliphatic carbocycles. The van der Waals surface area contributed by atoms with Gasteiger partial charge in [-0.25, -0.2) is 4.79 Å². The Hall–Kier alpha value is -1.58. The standard InChI is InChI=1S/C12H15NO3/c1-8-10-5-3-2-4-9(10)6-13(7-14)11(8)12(15)16/h2-4,7-8,10-11H,5-6H2,1H3,(H,15,16). The SMILES string of the molecule is CC1C2CC=CC=C2CN(C=O)C1C(=O)O. The maximum atomic E-state index is 11.2. The zero-order valence-electron chi connectivity index (χ0n) is 9.17. The molecule has 1 amide bonds. The summed E-state index contributed by atoms with van der Waals surface area (Å²) in [6, 6.07) is -0.689. The van der Waals surface area contributed by atoms with E-state index in [4.69, 9.17) is 5.11 Å². The van der Waals surface area contributed by atoms with Gasteiger partial charge in [-0.2, -0.15) is 0 Å². The van der Waals surface area contributed by atoms with Crippen LogP contribution in [-0.2, 0) is 9.59 Å². The molecule has 0 aromatic carbocycles. The zero-order valence-corrected chi connectivity index (χ0v) is 9.17. The molecular weight excluding hydrogens is 206 g/mol. The third-order valence-electron chi connectivity index (χ3n) is 3.56. The van der Waals surface area contributed by atoms with Gasteiger partial charge in [-0.1, -0.05) is 25.2 Å². The van der Waals surface area contributed by atoms with E-state index in [1.54, 1.807) is 0 Å². The number of carboxylic acid groups (broad SMARTS) is 1. The molecule has 4 nitrogen and oxygen atoms in total. The predicted octanol–water partition coefficient (Wildman–Crippen LogP) is 1.05. The first-order valence-electron chi connectivity index (χ1n) is 5.44. The van der Waals surface area contributed by atoms with Crippen LogP contribution in [0.2, 0.25) is 0 Å². The number of piperidine rings is 1. The van der Waals surface area contributed by atoms with Gasteiger partial charge in [0.1, 0.15) is 6.04 Å². The first-order chi connectivity index (χ1) is 7.65. The lowest BCUT2D eigenvalue weighted by Crippen LogP contribution is -2.52. The van der Waals surface area contributed by atoms with Crippen LogP contribution in [0.25, 0.3) is 0 Å². The van der Waals surface area contributed by atoms with Gasteiger partial charge < -0.3 is 10.0 Å². The van der Waals surface area contributed by atoms with Crippen LogP contribution < -0.4 is 0 Å². The highest BCUT2D eigenvalue weighted by atomic mass is 16.4. The molecule has 2 rings (SSSR count). The minimum atomic E-state index is -0.909. The predicted molar refractivity (Wildman–Crippen MR) is 58.7 cm³/mol. The van der Waals surface area contributed by atoms with E-state index in [1.807, 2.05) is 19.1 Å². The average Bonchev–Trinajstić information content (AvgIpc) is 2.28. The number of aliphatic carboxylic acids is 1. The van der Waals surface area contributed by atoms with E-state index in [9.17, 15) is 9.59 Å². The summed E-state index contributed by atoms with van der Waals surface area (Å²) < 4.78 is 0. The third-order valence-corrected chi connectivity index (χ3v) is 3.56. The van der Waals surface area contributed by atoms with E-state index in [2.05, 4.69) is 6.08 Å². The number of carboxylic acids is 1. The number of hydrogen-bond acceptors (Lipinski definition) is 2. The third kappa shape index (κ3) is 1.64. The Morgan fingerprint density at radius 1 is 1.62 bits per heavy atom. The Labute approximate surface area is 94.2 Å². The van der Waals surface area contributed by atoms with E-state index >= 15 is 0 Å². The maximum Gasteiger partial charge on any atom is 0.326 e. The molecule has 86 valence electrons. The highest BCUT2D eigenvalue weighted by Crippen LogP contribution is 2.36. The molecule has 4 heteroatoms. The molecule has 3 atom stereocenters. The Kier molecular flexibility index (Phi) is 2.81. The van der Waals surface area contributed by atoms with E-state index in [0.717, 1.165) is 6.42 Å². The zero-order chi connectivity index (χ0) is 11.7. The Morgan fingerprint density at radius 3 is 3.00 bits per heavy atom. The second-order valence-electron chi connectivity index (χ2n) is 4.43. The Bertz CT molecular complexity index is 372. The van der Waals surface area contributed by atoms with Gasteiger partial charge in [0, 0.05) is 6.54 Å². The first-order valence-corrected chi connectivity index (χ1v) is 5.44. The number of fused-ring (bicyclic) bond motifs is 1. The molecule has 1 N–H and O–H groups in total. The van der Waals surface area contributed by atoms with Crippen molar-refractivity contribution in [1.29, 1.82) is 0 Å². The highest BCUT2D eigenvalue weighted by molar-refractivity contribution is 5.77. The van der Waals surface area contributed by atoms with Crippen molar-refractivity contribution in [2.24, 2.45) is 11.8 Å². The summed E-state index contributed by atoms with van der Waals surface area (Å²) in [7, 11) is 0. The molecule has 0 aromatic heterocycles. The van der Waals surface area contributed by atoms with Gasteiger partial charge in [-0.15, -0.1) is 0 Å². The number of amides is 1. The van der Waals surface area contributed by atoms with E-state index in [1.165, 1.54) is 10.5 Å². The quantitative estimate of drug-likeness (QED) is 0.709. The molecule has 1 aliphatic heterocycles. The number of rotatable bonds is 2. The summed E-state index contributed by atoms with van der Waals surface area (Å²) in [5, 5.41) is 9.16. The van der Waals surface area contributed by atoms with Crippen LogP contribution in [0, 0.1) is 11.8 Å². The van der Waals surface area contributed by atoms with Gasteiger partial charge in [-0.05, 0) is 23.8 Å². The number of nitrogens with zero attached hydrogens (tertiary/aromatic N) is 1. The van der Waals surface area contributed by atoms with Gasteiger partial charge >= 0.3 is 5.97 Å². The van der Waals surface area contributed by atoms with Crippen LogP contribution >= 0.6 is 0 Å². The fourth-order valence-electron chi connectivity index (χ4n) is 2.71. The van der Waals surface area contributed by atoms with Crippen molar-refractivity contribution in [2.75, 3.05) is 6.54 Å². The van der Waals surface area contributed by atoms with Crippen LogP contribution in [0.4, 0.5) is 0 Å². The summed E-state index contributed by atoms with van der Waals surface area (Å²) in [6.07, 6.45) is 7.55. The van der Waals surface area contributed by atoms with Gasteiger partial charge in [0.15, 0.2) is 0 Å². The van der Waals surface area contributed by atoms with Crippen LogP contribution in [0.3, 0.4) is 0 Å². The fraction of sp³-hybridized carbons (Fsp3) is 0.500. The second-order valence-corrected chi connectivity index (χ2v) is 4.43. The molecule has 0 aromatic rings. The van der Waals surface area contributed by atoms with Crippen molar-refractivity contribution < 1.29 is 14.7 Å². The monoisotopic (exact) mass is 221 g/mol. The molecule has 0 bridgehead atoms. The van der Waals surface area contributed by atoms with Crippen molar-refractivity contribution in [2.45, 2.75) is 19.4 Å². The summed E-state index contributed by atoms with van der Waals surface area (Å²) >= 11 is 0. The molecular formula is C12H15NO3. The van der Waals surface area contributed by atoms with E-state index in [0.29, 0.717) is 13.0 Å². The molecule has 3 unspecified atom stereocenters. The summed E-state index contributed by atoms with van der Waals surface area (Å²) in [5.41, 5.74) is 1.17. The number of allylic oxidation sites excluding steroid dienone is 3. The molecule has 0 saturated carbocycles. The molecule has 0 radical (unpaired) electrons. The topological polar surface area (TPSA) is 57.6 Å². The normalized spacial score (nSPS) is 32.9. The highest BCUT2D eigenvalue weighted by Gasteiger charge is 2.41. The van der Waals surface area contributed by atoms with Crippen molar-refractivity contribution in [3.8, 4) is 0 Å². The van der Waals surface area contributed by atoms with Crippen LogP contribution in [0.15, 0.2) is 23.8 Å². The first kappa shape index (κ1) is 10.9.